The summed E-state index contributed by atoms with van der Waals surface area (Å²) in [5, 5.41) is -0.294. The van der Waals surface area contributed by atoms with E-state index in [0.29, 0.717) is 12.8 Å². The average molecular weight is 193 g/mol. The van der Waals surface area contributed by atoms with E-state index < -0.39 is 9.84 Å². The van der Waals surface area contributed by atoms with Crippen molar-refractivity contribution in [3.05, 3.63) is 0 Å². The van der Waals surface area contributed by atoms with Gasteiger partial charge in [0, 0.05) is 6.04 Å². The highest BCUT2D eigenvalue weighted by molar-refractivity contribution is 7.91. The molecule has 74 valence electrons. The molecule has 4 heteroatoms. The third-order valence-corrected chi connectivity index (χ3v) is 4.20. The van der Waals surface area contributed by atoms with Crippen LogP contribution in [0.5, 0.6) is 0 Å². The van der Waals surface area contributed by atoms with Crippen LogP contribution in [-0.4, -0.2) is 25.5 Å². The number of hydrogen-bond acceptors (Lipinski definition) is 3. The van der Waals surface area contributed by atoms with E-state index in [1.54, 1.807) is 6.92 Å². The van der Waals surface area contributed by atoms with Gasteiger partial charge in [-0.2, -0.15) is 0 Å². The lowest BCUT2D eigenvalue weighted by Gasteiger charge is -2.13. The Hall–Kier alpha value is -0.0900. The summed E-state index contributed by atoms with van der Waals surface area (Å²) >= 11 is 0. The number of sulfone groups is 1. The molecule has 0 aliphatic heterocycles. The van der Waals surface area contributed by atoms with Gasteiger partial charge in [-0.05, 0) is 26.7 Å². The fourth-order valence-electron chi connectivity index (χ4n) is 1.16. The smallest absolute Gasteiger partial charge is 0.152 e. The Morgan fingerprint density at radius 3 is 2.17 bits per heavy atom. The van der Waals surface area contributed by atoms with Gasteiger partial charge in [0.2, 0.25) is 0 Å². The zero-order chi connectivity index (χ0) is 9.78. The van der Waals surface area contributed by atoms with Crippen molar-refractivity contribution in [3.63, 3.8) is 0 Å². The second kappa shape index (κ2) is 4.82. The predicted molar refractivity (Wildman–Crippen MR) is 51.8 cm³/mol. The first-order chi connectivity index (χ1) is 5.40. The first kappa shape index (κ1) is 11.9. The summed E-state index contributed by atoms with van der Waals surface area (Å²) in [5.74, 6) is 0.279. The molecule has 12 heavy (non-hydrogen) atoms. The highest BCUT2D eigenvalue weighted by atomic mass is 32.2. The maximum absolute atomic E-state index is 11.4. The summed E-state index contributed by atoms with van der Waals surface area (Å²) in [6.45, 7) is 5.43. The zero-order valence-corrected chi connectivity index (χ0v) is 8.89. The third-order valence-electron chi connectivity index (χ3n) is 1.81. The van der Waals surface area contributed by atoms with E-state index in [0.717, 1.165) is 0 Å². The van der Waals surface area contributed by atoms with Crippen molar-refractivity contribution < 1.29 is 8.42 Å². The van der Waals surface area contributed by atoms with E-state index in [9.17, 15) is 8.42 Å². The highest BCUT2D eigenvalue weighted by Gasteiger charge is 2.20. The molecule has 0 spiro atoms. The minimum atomic E-state index is -2.89. The van der Waals surface area contributed by atoms with Gasteiger partial charge in [0.05, 0.1) is 11.0 Å². The highest BCUT2D eigenvalue weighted by Crippen LogP contribution is 2.09. The summed E-state index contributed by atoms with van der Waals surface area (Å²) in [6, 6.07) is -0.0355. The lowest BCUT2D eigenvalue weighted by atomic mass is 10.2. The molecule has 0 heterocycles. The first-order valence-corrected chi connectivity index (χ1v) is 6.08. The van der Waals surface area contributed by atoms with Crippen LogP contribution in [0.1, 0.15) is 33.6 Å². The molecule has 2 atom stereocenters. The summed E-state index contributed by atoms with van der Waals surface area (Å²) in [6.07, 6.45) is 1.24. The van der Waals surface area contributed by atoms with Crippen molar-refractivity contribution in [1.29, 1.82) is 0 Å². The van der Waals surface area contributed by atoms with Crippen LogP contribution in [0.15, 0.2) is 0 Å². The van der Waals surface area contributed by atoms with Gasteiger partial charge < -0.3 is 5.73 Å². The van der Waals surface area contributed by atoms with Crippen LogP contribution < -0.4 is 5.73 Å². The Labute approximate surface area is 75.3 Å². The largest absolute Gasteiger partial charge is 0.328 e. The van der Waals surface area contributed by atoms with Crippen molar-refractivity contribution in [2.24, 2.45) is 5.73 Å². The molecule has 3 nitrogen and oxygen atoms in total. The molecule has 0 rings (SSSR count). The van der Waals surface area contributed by atoms with Gasteiger partial charge in [-0.1, -0.05) is 6.92 Å². The van der Waals surface area contributed by atoms with Crippen LogP contribution in [-0.2, 0) is 9.84 Å². The molecule has 0 saturated carbocycles. The molecule has 0 aliphatic carbocycles. The second-order valence-corrected chi connectivity index (χ2v) is 5.93. The molecular weight excluding hydrogens is 174 g/mol. The van der Waals surface area contributed by atoms with Crippen LogP contribution >= 0.6 is 0 Å². The quantitative estimate of drug-likeness (QED) is 0.707. The van der Waals surface area contributed by atoms with Crippen LogP contribution in [0.25, 0.3) is 0 Å². The monoisotopic (exact) mass is 193 g/mol. The molecule has 0 bridgehead atoms. The standard InChI is InChI=1S/C8H19NO2S/c1-4-5-12(10,11)8(3)6-7(2)9/h7-8H,4-6,9H2,1-3H3. The van der Waals surface area contributed by atoms with Crippen LogP contribution in [0.4, 0.5) is 0 Å². The van der Waals surface area contributed by atoms with E-state index in [1.807, 2.05) is 13.8 Å². The molecule has 2 N–H and O–H groups in total. The van der Waals surface area contributed by atoms with Gasteiger partial charge in [-0.3, -0.25) is 0 Å². The maximum Gasteiger partial charge on any atom is 0.152 e. The predicted octanol–water partition coefficient (Wildman–Crippen LogP) is 0.937. The van der Waals surface area contributed by atoms with E-state index in [2.05, 4.69) is 0 Å². The molecule has 0 fully saturated rings. The fourth-order valence-corrected chi connectivity index (χ4v) is 2.72. The fraction of sp³-hybridized carbons (Fsp3) is 1.00. The topological polar surface area (TPSA) is 60.2 Å². The van der Waals surface area contributed by atoms with Gasteiger partial charge in [0.25, 0.3) is 0 Å². The molecule has 0 radical (unpaired) electrons. The van der Waals surface area contributed by atoms with Crippen LogP contribution in [0.3, 0.4) is 0 Å². The van der Waals surface area contributed by atoms with Gasteiger partial charge in [0.15, 0.2) is 9.84 Å². The zero-order valence-electron chi connectivity index (χ0n) is 8.08. The SMILES string of the molecule is CCCS(=O)(=O)C(C)CC(C)N. The molecule has 0 aromatic rings. The lowest BCUT2D eigenvalue weighted by molar-refractivity contribution is 0.562. The Morgan fingerprint density at radius 1 is 1.33 bits per heavy atom. The van der Waals surface area contributed by atoms with Gasteiger partial charge in [-0.15, -0.1) is 0 Å². The number of nitrogens with two attached hydrogens (primary N) is 1. The van der Waals surface area contributed by atoms with Gasteiger partial charge in [0.1, 0.15) is 0 Å². The Morgan fingerprint density at radius 2 is 1.83 bits per heavy atom. The lowest BCUT2D eigenvalue weighted by Crippen LogP contribution is -2.28. The minimum Gasteiger partial charge on any atom is -0.328 e. The van der Waals surface area contributed by atoms with E-state index in [1.165, 1.54) is 0 Å². The molecule has 0 saturated heterocycles. The summed E-state index contributed by atoms with van der Waals surface area (Å²) < 4.78 is 22.8. The van der Waals surface area contributed by atoms with E-state index in [-0.39, 0.29) is 17.0 Å². The molecular formula is C8H19NO2S. The van der Waals surface area contributed by atoms with Crippen LogP contribution in [0.2, 0.25) is 0 Å². The van der Waals surface area contributed by atoms with Crippen molar-refractivity contribution in [2.45, 2.75) is 44.9 Å². The minimum absolute atomic E-state index is 0.0355. The molecule has 0 aliphatic rings. The molecule has 2 unspecified atom stereocenters. The molecule has 0 aromatic heterocycles. The van der Waals surface area contributed by atoms with Crippen molar-refractivity contribution in [1.82, 2.24) is 0 Å². The Balaban J connectivity index is 4.16. The van der Waals surface area contributed by atoms with E-state index in [4.69, 9.17) is 5.73 Å². The summed E-state index contributed by atoms with van der Waals surface area (Å²) in [7, 11) is -2.89. The Kier molecular flexibility index (Phi) is 4.78. The normalized spacial score (nSPS) is 17.3. The average Bonchev–Trinajstić information content (AvgIpc) is 1.85. The maximum atomic E-state index is 11.4. The van der Waals surface area contributed by atoms with Crippen molar-refractivity contribution in [2.75, 3.05) is 5.75 Å². The first-order valence-electron chi connectivity index (χ1n) is 4.37. The van der Waals surface area contributed by atoms with E-state index >= 15 is 0 Å². The van der Waals surface area contributed by atoms with Crippen LogP contribution in [0, 0.1) is 0 Å². The van der Waals surface area contributed by atoms with Gasteiger partial charge >= 0.3 is 0 Å². The second-order valence-electron chi connectivity index (χ2n) is 3.39. The number of hydrogen-bond donors (Lipinski definition) is 1. The summed E-state index contributed by atoms with van der Waals surface area (Å²) in [4.78, 5) is 0. The number of rotatable bonds is 5. The summed E-state index contributed by atoms with van der Waals surface area (Å²) in [5.41, 5.74) is 5.52. The molecule has 0 aromatic carbocycles. The Bertz CT molecular complexity index is 209. The van der Waals surface area contributed by atoms with Gasteiger partial charge in [-0.25, -0.2) is 8.42 Å². The van der Waals surface area contributed by atoms with Crippen molar-refractivity contribution >= 4 is 9.84 Å². The molecule has 0 amide bonds. The van der Waals surface area contributed by atoms with Crippen molar-refractivity contribution in [3.8, 4) is 0 Å². The third kappa shape index (κ3) is 4.07.